The first kappa shape index (κ1) is 29.4. The summed E-state index contributed by atoms with van der Waals surface area (Å²) in [5.74, 6) is -4.76. The van der Waals surface area contributed by atoms with Crippen LogP contribution in [0.2, 0.25) is 0 Å². The molecular weight excluding hydrogens is 540 g/mol. The van der Waals surface area contributed by atoms with Crippen molar-refractivity contribution in [3.8, 4) is 0 Å². The van der Waals surface area contributed by atoms with Gasteiger partial charge < -0.3 is 23.7 Å². The van der Waals surface area contributed by atoms with Gasteiger partial charge in [-0.2, -0.15) is 0 Å². The van der Waals surface area contributed by atoms with Crippen LogP contribution in [0.15, 0.2) is 66.8 Å². The molecule has 1 aliphatic heterocycles. The topological polar surface area (TPSA) is 114 Å². The Labute approximate surface area is 244 Å². The van der Waals surface area contributed by atoms with Gasteiger partial charge >= 0.3 is 23.9 Å². The maximum Gasteiger partial charge on any atom is 0.333 e. The van der Waals surface area contributed by atoms with E-state index in [0.717, 1.165) is 5.56 Å². The van der Waals surface area contributed by atoms with Crippen LogP contribution in [-0.2, 0) is 54.1 Å². The van der Waals surface area contributed by atoms with Gasteiger partial charge in [0.15, 0.2) is 0 Å². The molecule has 6 rings (SSSR count). The SMILES string of the molecule is C=C(C)C(=O)OC(C)COC12c3ccccc3C(OCC(C)OC(=O)C(=C)C)(c3cc(C)ccc31)C1C(=O)OC(=O)C12. The number of carbonyl (C=O) groups is 4. The average Bonchev–Trinajstić information content (AvgIpc) is 3.25. The first-order valence-electron chi connectivity index (χ1n) is 13.8. The molecule has 6 atom stereocenters. The number of rotatable bonds is 10. The number of carbonyl (C=O) groups excluding carboxylic acids is 4. The maximum atomic E-state index is 13.6. The van der Waals surface area contributed by atoms with Crippen LogP contribution in [0.5, 0.6) is 0 Å². The lowest BCUT2D eigenvalue weighted by Crippen LogP contribution is -2.63. The van der Waals surface area contributed by atoms with Crippen LogP contribution in [0.3, 0.4) is 0 Å². The molecule has 2 aromatic rings. The van der Waals surface area contributed by atoms with Gasteiger partial charge in [0.2, 0.25) is 0 Å². The van der Waals surface area contributed by atoms with Crippen LogP contribution >= 0.6 is 0 Å². The van der Waals surface area contributed by atoms with E-state index in [0.29, 0.717) is 22.3 Å². The predicted octanol–water partition coefficient (Wildman–Crippen LogP) is 4.17. The third-order valence-corrected chi connectivity index (χ3v) is 8.03. The largest absolute Gasteiger partial charge is 0.457 e. The quantitative estimate of drug-likeness (QED) is 0.178. The van der Waals surface area contributed by atoms with Crippen LogP contribution < -0.4 is 0 Å². The smallest absolute Gasteiger partial charge is 0.333 e. The van der Waals surface area contributed by atoms with Gasteiger partial charge in [-0.15, -0.1) is 0 Å². The molecule has 0 aromatic heterocycles. The van der Waals surface area contributed by atoms with E-state index in [-0.39, 0.29) is 24.4 Å². The normalized spacial score (nSPS) is 26.3. The fraction of sp³-hybridized carbons (Fsp3) is 0.394. The molecule has 2 aromatic carbocycles. The minimum atomic E-state index is -1.43. The minimum Gasteiger partial charge on any atom is -0.457 e. The Morgan fingerprint density at radius 3 is 1.67 bits per heavy atom. The molecule has 0 radical (unpaired) electrons. The molecule has 4 aliphatic rings. The molecule has 1 fully saturated rings. The number of cyclic esters (lactones) is 2. The first-order chi connectivity index (χ1) is 19.8. The second kappa shape index (κ2) is 10.6. The van der Waals surface area contributed by atoms with Crippen molar-refractivity contribution in [2.75, 3.05) is 13.2 Å². The standard InChI is InChI=1S/C33H34O9/c1-17(2)28(34)40-20(6)15-38-32-22-10-8-9-11-23(22)33(25-14-19(5)12-13-24(25)32,27-26(32)30(36)42-31(27)37)39-16-21(7)41-29(35)18(3)4/h8-14,20-21,26-27H,1,3,15-16H2,2,4-7H3. The van der Waals surface area contributed by atoms with Crippen molar-refractivity contribution in [1.29, 1.82) is 0 Å². The van der Waals surface area contributed by atoms with E-state index in [1.54, 1.807) is 27.7 Å². The van der Waals surface area contributed by atoms with Crippen LogP contribution in [0, 0.1) is 18.8 Å². The van der Waals surface area contributed by atoms with Crippen molar-refractivity contribution in [2.24, 2.45) is 11.8 Å². The molecule has 1 heterocycles. The van der Waals surface area contributed by atoms with Crippen LogP contribution in [-0.4, -0.2) is 49.3 Å². The van der Waals surface area contributed by atoms with E-state index in [1.807, 2.05) is 49.4 Å². The molecule has 9 nitrogen and oxygen atoms in total. The minimum absolute atomic E-state index is 0.0762. The van der Waals surface area contributed by atoms with Gasteiger partial charge in [0.1, 0.15) is 35.2 Å². The number of benzene rings is 2. The maximum absolute atomic E-state index is 13.6. The lowest BCUT2D eigenvalue weighted by Gasteiger charge is -2.58. The monoisotopic (exact) mass is 574 g/mol. The third-order valence-electron chi connectivity index (χ3n) is 8.03. The van der Waals surface area contributed by atoms with E-state index in [4.69, 9.17) is 23.7 Å². The Morgan fingerprint density at radius 1 is 0.786 bits per heavy atom. The Hall–Kier alpha value is -4.08. The van der Waals surface area contributed by atoms with Gasteiger partial charge in [-0.3, -0.25) is 9.59 Å². The zero-order valence-electron chi connectivity index (χ0n) is 24.4. The first-order valence-corrected chi connectivity index (χ1v) is 13.8. The molecular formula is C33H34O9. The highest BCUT2D eigenvalue weighted by Crippen LogP contribution is 2.67. The fourth-order valence-corrected chi connectivity index (χ4v) is 6.30. The summed E-state index contributed by atoms with van der Waals surface area (Å²) in [6.45, 7) is 15.5. The highest BCUT2D eigenvalue weighted by Gasteiger charge is 2.75. The predicted molar refractivity (Wildman–Crippen MR) is 150 cm³/mol. The molecule has 1 saturated heterocycles. The van der Waals surface area contributed by atoms with Gasteiger partial charge in [0.25, 0.3) is 0 Å². The van der Waals surface area contributed by atoms with E-state index in [2.05, 4.69) is 13.2 Å². The number of hydrogen-bond acceptors (Lipinski definition) is 9. The zero-order chi connectivity index (χ0) is 30.6. The summed E-state index contributed by atoms with van der Waals surface area (Å²) in [7, 11) is 0. The fourth-order valence-electron chi connectivity index (χ4n) is 6.30. The summed E-state index contributed by atoms with van der Waals surface area (Å²) in [5, 5.41) is 0. The molecule has 0 amide bonds. The van der Waals surface area contributed by atoms with Crippen molar-refractivity contribution in [1.82, 2.24) is 0 Å². The van der Waals surface area contributed by atoms with Crippen LogP contribution in [0.25, 0.3) is 0 Å². The van der Waals surface area contributed by atoms with Crippen molar-refractivity contribution in [2.45, 2.75) is 58.0 Å². The second-order valence-electron chi connectivity index (χ2n) is 11.4. The molecule has 9 heteroatoms. The van der Waals surface area contributed by atoms with E-state index >= 15 is 0 Å². The van der Waals surface area contributed by atoms with E-state index in [9.17, 15) is 19.2 Å². The summed E-state index contributed by atoms with van der Waals surface area (Å²) in [6, 6.07) is 13.0. The molecule has 220 valence electrons. The average molecular weight is 575 g/mol. The third kappa shape index (κ3) is 4.39. The Morgan fingerprint density at radius 2 is 1.21 bits per heavy atom. The van der Waals surface area contributed by atoms with Crippen molar-refractivity contribution < 1.29 is 42.9 Å². The summed E-state index contributed by atoms with van der Waals surface area (Å²) >= 11 is 0. The van der Waals surface area contributed by atoms with E-state index in [1.165, 1.54) is 0 Å². The van der Waals surface area contributed by atoms with Gasteiger partial charge in [-0.1, -0.05) is 61.2 Å². The van der Waals surface area contributed by atoms with Gasteiger partial charge in [0.05, 0.1) is 13.2 Å². The zero-order valence-corrected chi connectivity index (χ0v) is 24.4. The molecule has 3 aliphatic carbocycles. The van der Waals surface area contributed by atoms with Crippen molar-refractivity contribution in [3.05, 3.63) is 94.6 Å². The molecule has 2 bridgehead atoms. The number of hydrogen-bond donors (Lipinski definition) is 0. The highest BCUT2D eigenvalue weighted by atomic mass is 16.6. The number of aryl methyl sites for hydroxylation is 1. The molecule has 0 saturated carbocycles. The Balaban J connectivity index is 1.67. The Kier molecular flexibility index (Phi) is 7.45. The van der Waals surface area contributed by atoms with Crippen LogP contribution in [0.1, 0.15) is 55.5 Å². The number of ether oxygens (including phenoxy) is 5. The van der Waals surface area contributed by atoms with Gasteiger partial charge in [0, 0.05) is 11.1 Å². The summed E-state index contributed by atoms with van der Waals surface area (Å²) in [5.41, 5.74) is 1.11. The lowest BCUT2D eigenvalue weighted by atomic mass is 9.50. The highest BCUT2D eigenvalue weighted by molar-refractivity contribution is 6.01. The number of esters is 4. The molecule has 0 spiro atoms. The van der Waals surface area contributed by atoms with Gasteiger partial charge in [-0.25, -0.2) is 9.59 Å². The van der Waals surface area contributed by atoms with Crippen LogP contribution in [0.4, 0.5) is 0 Å². The molecule has 0 N–H and O–H groups in total. The lowest BCUT2D eigenvalue weighted by molar-refractivity contribution is -0.191. The van der Waals surface area contributed by atoms with E-state index < -0.39 is 59.1 Å². The van der Waals surface area contributed by atoms with Gasteiger partial charge in [-0.05, 0) is 56.9 Å². The molecule has 42 heavy (non-hydrogen) atoms. The Bertz CT molecular complexity index is 1520. The summed E-state index contributed by atoms with van der Waals surface area (Å²) in [4.78, 5) is 51.5. The molecule has 6 unspecified atom stereocenters. The second-order valence-corrected chi connectivity index (χ2v) is 11.4. The summed E-state index contributed by atoms with van der Waals surface area (Å²) < 4.78 is 29.6. The summed E-state index contributed by atoms with van der Waals surface area (Å²) in [6.07, 6.45) is -1.38. The van der Waals surface area contributed by atoms with Crippen molar-refractivity contribution >= 4 is 23.9 Å². The van der Waals surface area contributed by atoms with Crippen molar-refractivity contribution in [3.63, 3.8) is 0 Å².